The fraction of sp³-hybridized carbons (Fsp3) is 0.931. The van der Waals surface area contributed by atoms with Crippen molar-refractivity contribution in [2.45, 2.75) is 99.0 Å². The molecule has 5 rings (SSSR count). The maximum absolute atomic E-state index is 6.30. The van der Waals surface area contributed by atoms with E-state index < -0.39 is 0 Å². The topological polar surface area (TPSA) is 9.23 Å². The molecule has 5 aliphatic rings. The summed E-state index contributed by atoms with van der Waals surface area (Å²) in [5.74, 6) is 6.85. The number of ether oxygens (including phenoxy) is 1. The first kappa shape index (κ1) is 21.5. The summed E-state index contributed by atoms with van der Waals surface area (Å²) in [6.45, 7) is 15.0. The van der Waals surface area contributed by atoms with Crippen molar-refractivity contribution in [2.24, 2.45) is 63.6 Å². The summed E-state index contributed by atoms with van der Waals surface area (Å²) < 4.78 is 6.30. The van der Waals surface area contributed by atoms with Crippen molar-refractivity contribution in [1.29, 1.82) is 0 Å². The van der Waals surface area contributed by atoms with E-state index in [9.17, 15) is 0 Å². The molecule has 30 heavy (non-hydrogen) atoms. The first-order valence-corrected chi connectivity index (χ1v) is 13.4. The van der Waals surface area contributed by atoms with Crippen LogP contribution in [0.1, 0.15) is 92.9 Å². The Morgan fingerprint density at radius 1 is 0.900 bits per heavy atom. The molecule has 0 amide bonds. The highest BCUT2D eigenvalue weighted by molar-refractivity contribution is 5.26. The third kappa shape index (κ3) is 2.69. The van der Waals surface area contributed by atoms with Crippen LogP contribution in [-0.4, -0.2) is 13.2 Å². The van der Waals surface area contributed by atoms with Crippen LogP contribution < -0.4 is 0 Å². The van der Waals surface area contributed by atoms with E-state index in [1.165, 1.54) is 51.4 Å². The van der Waals surface area contributed by atoms with Gasteiger partial charge in [-0.15, -0.1) is 0 Å². The van der Waals surface area contributed by atoms with Crippen molar-refractivity contribution in [3.63, 3.8) is 0 Å². The summed E-state index contributed by atoms with van der Waals surface area (Å²) in [4.78, 5) is 0. The predicted molar refractivity (Wildman–Crippen MR) is 126 cm³/mol. The molecule has 5 saturated carbocycles. The largest absolute Gasteiger partial charge is 0.381 e. The second-order valence-corrected chi connectivity index (χ2v) is 13.3. The monoisotopic (exact) mass is 412 g/mol. The lowest BCUT2D eigenvalue weighted by Crippen LogP contribution is -2.57. The summed E-state index contributed by atoms with van der Waals surface area (Å²) in [7, 11) is 2.02. The third-order valence-corrected chi connectivity index (χ3v) is 12.3. The van der Waals surface area contributed by atoms with Crippen molar-refractivity contribution in [2.75, 3.05) is 7.11 Å². The Labute approximate surface area is 186 Å². The minimum Gasteiger partial charge on any atom is -0.381 e. The first-order chi connectivity index (χ1) is 14.2. The molecule has 5 aliphatic carbocycles. The van der Waals surface area contributed by atoms with Crippen LogP contribution in [0.3, 0.4) is 0 Å². The van der Waals surface area contributed by atoms with Crippen LogP contribution in [0.2, 0.25) is 0 Å². The van der Waals surface area contributed by atoms with Gasteiger partial charge in [0.25, 0.3) is 0 Å². The SMILES string of the molecule is CO[C@@H]1C[C@H]2[C@@H]3CC[C@H]([C@H](C)/C=C/[C@H](C)C(C)C)[C@@]3(C)CC[C@@H]2[C@@]2(C)CC[C@@H]3C[C@]312. The van der Waals surface area contributed by atoms with Gasteiger partial charge in [0.1, 0.15) is 0 Å². The molecule has 0 bridgehead atoms. The molecule has 0 aromatic heterocycles. The Hall–Kier alpha value is -0.300. The Morgan fingerprint density at radius 3 is 2.33 bits per heavy atom. The van der Waals surface area contributed by atoms with Crippen LogP contribution in [0.5, 0.6) is 0 Å². The van der Waals surface area contributed by atoms with E-state index in [4.69, 9.17) is 4.74 Å². The van der Waals surface area contributed by atoms with Crippen LogP contribution in [0, 0.1) is 63.6 Å². The second kappa shape index (κ2) is 7.10. The Morgan fingerprint density at radius 2 is 1.67 bits per heavy atom. The molecule has 1 spiro atoms. The standard InChI is InChI=1S/C29H48O/c1-18(2)19(3)8-9-20(4)23-10-11-24-22-16-26(30-7)29-17-21(29)12-15-28(29,6)25(22)13-14-27(23,24)5/h8-9,18-26H,10-17H2,1-7H3/b9-8+/t19-,20+,21+,22-,23+,24-,25-,26+,27+,28+,29-/m0/s1. The van der Waals surface area contributed by atoms with Crippen LogP contribution in [0.4, 0.5) is 0 Å². The molecule has 0 N–H and O–H groups in total. The summed E-state index contributed by atoms with van der Waals surface area (Å²) in [5, 5.41) is 0. The van der Waals surface area contributed by atoms with E-state index >= 15 is 0 Å². The van der Waals surface area contributed by atoms with Crippen LogP contribution in [0.15, 0.2) is 12.2 Å². The zero-order valence-corrected chi connectivity index (χ0v) is 20.9. The van der Waals surface area contributed by atoms with Gasteiger partial charge in [0.15, 0.2) is 0 Å². The lowest BCUT2D eigenvalue weighted by molar-refractivity contribution is -0.160. The van der Waals surface area contributed by atoms with Gasteiger partial charge in [-0.25, -0.2) is 0 Å². The number of rotatable bonds is 5. The Kier molecular flexibility index (Phi) is 5.10. The molecule has 0 radical (unpaired) electrons. The smallest absolute Gasteiger partial charge is 0.0638 e. The molecular formula is C29H48O. The van der Waals surface area contributed by atoms with Gasteiger partial charge >= 0.3 is 0 Å². The molecule has 1 heteroatoms. The number of methoxy groups -OCH3 is 1. The maximum Gasteiger partial charge on any atom is 0.0638 e. The van der Waals surface area contributed by atoms with Gasteiger partial charge in [-0.1, -0.05) is 53.7 Å². The van der Waals surface area contributed by atoms with Crippen molar-refractivity contribution < 1.29 is 4.74 Å². The van der Waals surface area contributed by atoms with Crippen molar-refractivity contribution in [3.8, 4) is 0 Å². The summed E-state index contributed by atoms with van der Waals surface area (Å²) in [6.07, 6.45) is 17.4. The molecule has 11 atom stereocenters. The fourth-order valence-corrected chi connectivity index (χ4v) is 10.2. The number of hydrogen-bond acceptors (Lipinski definition) is 1. The highest BCUT2D eigenvalue weighted by Crippen LogP contribution is 2.82. The quantitative estimate of drug-likeness (QED) is 0.419. The Balaban J connectivity index is 1.38. The average molecular weight is 413 g/mol. The van der Waals surface area contributed by atoms with E-state index in [0.717, 1.165) is 41.4 Å². The minimum absolute atomic E-state index is 0.543. The van der Waals surface area contributed by atoms with E-state index in [1.807, 2.05) is 7.11 Å². The summed E-state index contributed by atoms with van der Waals surface area (Å²) in [5.41, 5.74) is 1.68. The molecule has 0 aromatic rings. The highest BCUT2D eigenvalue weighted by Gasteiger charge is 2.77. The number of allylic oxidation sites excluding steroid dienone is 2. The summed E-state index contributed by atoms with van der Waals surface area (Å²) >= 11 is 0. The summed E-state index contributed by atoms with van der Waals surface area (Å²) in [6, 6.07) is 0. The lowest BCUT2D eigenvalue weighted by atomic mass is 9.45. The van der Waals surface area contributed by atoms with E-state index in [1.54, 1.807) is 0 Å². The van der Waals surface area contributed by atoms with Crippen molar-refractivity contribution in [1.82, 2.24) is 0 Å². The molecule has 170 valence electrons. The number of fused-ring (bicyclic) bond motifs is 4. The third-order valence-electron chi connectivity index (χ3n) is 12.3. The minimum atomic E-state index is 0.543. The Bertz CT molecular complexity index is 694. The fourth-order valence-electron chi connectivity index (χ4n) is 10.2. The molecule has 0 aromatic carbocycles. The van der Waals surface area contributed by atoms with Gasteiger partial charge in [0.05, 0.1) is 6.10 Å². The highest BCUT2D eigenvalue weighted by atomic mass is 16.5. The normalized spacial score (nSPS) is 53.9. The van der Waals surface area contributed by atoms with Gasteiger partial charge in [0, 0.05) is 12.5 Å². The molecule has 1 nitrogen and oxygen atoms in total. The van der Waals surface area contributed by atoms with Crippen LogP contribution in [-0.2, 0) is 4.74 Å². The van der Waals surface area contributed by atoms with E-state index in [0.29, 0.717) is 28.3 Å². The maximum atomic E-state index is 6.30. The van der Waals surface area contributed by atoms with E-state index in [-0.39, 0.29) is 0 Å². The molecule has 0 unspecified atom stereocenters. The zero-order valence-electron chi connectivity index (χ0n) is 20.9. The van der Waals surface area contributed by atoms with Crippen molar-refractivity contribution >= 4 is 0 Å². The molecule has 5 fully saturated rings. The molecular weight excluding hydrogens is 364 g/mol. The average Bonchev–Trinajstić information content (AvgIpc) is 3.22. The van der Waals surface area contributed by atoms with Gasteiger partial charge in [0.2, 0.25) is 0 Å². The van der Waals surface area contributed by atoms with Gasteiger partial charge in [-0.05, 0) is 110 Å². The molecule has 0 heterocycles. The first-order valence-electron chi connectivity index (χ1n) is 13.4. The van der Waals surface area contributed by atoms with Gasteiger partial charge in [-0.3, -0.25) is 0 Å². The second-order valence-electron chi connectivity index (χ2n) is 13.3. The molecule has 0 saturated heterocycles. The van der Waals surface area contributed by atoms with Gasteiger partial charge in [-0.2, -0.15) is 0 Å². The van der Waals surface area contributed by atoms with Gasteiger partial charge < -0.3 is 4.74 Å². The van der Waals surface area contributed by atoms with Crippen LogP contribution >= 0.6 is 0 Å². The predicted octanol–water partition coefficient (Wildman–Crippen LogP) is 7.75. The zero-order chi connectivity index (χ0) is 21.5. The molecule has 0 aliphatic heterocycles. The number of hydrogen-bond donors (Lipinski definition) is 0. The lowest BCUT2D eigenvalue weighted by Gasteiger charge is -2.61. The van der Waals surface area contributed by atoms with Crippen LogP contribution in [0.25, 0.3) is 0 Å². The van der Waals surface area contributed by atoms with Crippen molar-refractivity contribution in [3.05, 3.63) is 12.2 Å². The van der Waals surface area contributed by atoms with E-state index in [2.05, 4.69) is 53.7 Å².